The van der Waals surface area contributed by atoms with E-state index < -0.39 is 0 Å². The van der Waals surface area contributed by atoms with E-state index in [9.17, 15) is 0 Å². The van der Waals surface area contributed by atoms with Crippen molar-refractivity contribution >= 4 is 0 Å². The van der Waals surface area contributed by atoms with Crippen LogP contribution in [0.25, 0.3) is 0 Å². The third-order valence-electron chi connectivity index (χ3n) is 1.74. The van der Waals surface area contributed by atoms with Crippen LogP contribution in [0, 0.1) is 5.92 Å². The van der Waals surface area contributed by atoms with Gasteiger partial charge < -0.3 is 0 Å². The molecule has 0 bridgehead atoms. The zero-order valence-corrected chi connectivity index (χ0v) is 8.22. The summed E-state index contributed by atoms with van der Waals surface area (Å²) in [5, 5.41) is 0. The molecule has 0 heteroatoms. The molecule has 1 rings (SSSR count). The molecular formula is C11H20. The van der Waals surface area contributed by atoms with E-state index in [4.69, 9.17) is 0 Å². The zero-order valence-electron chi connectivity index (χ0n) is 8.22. The lowest BCUT2D eigenvalue weighted by Crippen LogP contribution is -1.77. The van der Waals surface area contributed by atoms with E-state index in [2.05, 4.69) is 32.1 Å². The summed E-state index contributed by atoms with van der Waals surface area (Å²) in [4.78, 5) is 0. The molecule has 64 valence electrons. The Morgan fingerprint density at radius 2 is 1.73 bits per heavy atom. The van der Waals surface area contributed by atoms with Gasteiger partial charge in [0.15, 0.2) is 0 Å². The van der Waals surface area contributed by atoms with Crippen LogP contribution in [0.2, 0.25) is 0 Å². The maximum atomic E-state index is 2.22. The molecule has 1 fully saturated rings. The van der Waals surface area contributed by atoms with Crippen molar-refractivity contribution in [3.63, 3.8) is 0 Å². The second kappa shape index (κ2) is 6.21. The highest BCUT2D eigenvalue weighted by molar-refractivity contribution is 5.24. The largest absolute Gasteiger partial charge is 0.0874 e. The van der Waals surface area contributed by atoms with Gasteiger partial charge in [0.05, 0.1) is 0 Å². The summed E-state index contributed by atoms with van der Waals surface area (Å²) in [6.45, 7) is 8.19. The highest BCUT2D eigenvalue weighted by Crippen LogP contribution is 2.36. The van der Waals surface area contributed by atoms with Gasteiger partial charge in [0, 0.05) is 0 Å². The minimum atomic E-state index is 0.909. The summed E-state index contributed by atoms with van der Waals surface area (Å²) in [7, 11) is 0. The fourth-order valence-electron chi connectivity index (χ4n) is 1.08. The van der Waals surface area contributed by atoms with Gasteiger partial charge in [-0.1, -0.05) is 32.1 Å². The normalized spacial score (nSPS) is 18.0. The predicted octanol–water partition coefficient (Wildman–Crippen LogP) is 3.95. The lowest BCUT2D eigenvalue weighted by Gasteiger charge is -1.93. The molecule has 0 spiro atoms. The molecule has 0 radical (unpaired) electrons. The van der Waals surface area contributed by atoms with E-state index in [0.29, 0.717) is 0 Å². The third-order valence-corrected chi connectivity index (χ3v) is 1.74. The Morgan fingerprint density at radius 1 is 1.18 bits per heavy atom. The average Bonchev–Trinajstić information content (AvgIpc) is 2.87. The van der Waals surface area contributed by atoms with Crippen molar-refractivity contribution in [2.75, 3.05) is 0 Å². The first-order chi connectivity index (χ1) is 5.38. The van der Waals surface area contributed by atoms with Crippen molar-refractivity contribution < 1.29 is 0 Å². The molecule has 0 saturated heterocycles. The average molecular weight is 152 g/mol. The van der Waals surface area contributed by atoms with Crippen molar-refractivity contribution in [1.29, 1.82) is 0 Å². The molecule has 0 aromatic carbocycles. The van der Waals surface area contributed by atoms with Gasteiger partial charge in [0.25, 0.3) is 0 Å². The molecule has 0 aromatic rings. The maximum absolute atomic E-state index is 2.22. The molecule has 0 nitrogen and oxygen atoms in total. The summed E-state index contributed by atoms with van der Waals surface area (Å²) in [5.74, 6) is 0.909. The van der Waals surface area contributed by atoms with Crippen LogP contribution in [0.1, 0.15) is 40.5 Å². The minimum Gasteiger partial charge on any atom is -0.0874 e. The number of allylic oxidation sites excluding steroid dienone is 4. The van der Waals surface area contributed by atoms with Crippen LogP contribution in [-0.2, 0) is 0 Å². The van der Waals surface area contributed by atoms with Gasteiger partial charge >= 0.3 is 0 Å². The van der Waals surface area contributed by atoms with Gasteiger partial charge in [-0.3, -0.25) is 0 Å². The molecular weight excluding hydrogens is 132 g/mol. The standard InChI is InChI=1S/C9H14.C2H6/c1-3-5-8(4-2)9-6-7-9;1-2/h3-5,9H,6-7H2,1-2H3;1-2H3/b5-3-,8-4+;. The van der Waals surface area contributed by atoms with Crippen LogP contribution in [0.5, 0.6) is 0 Å². The van der Waals surface area contributed by atoms with Gasteiger partial charge in [-0.15, -0.1) is 0 Å². The molecule has 1 aliphatic carbocycles. The third kappa shape index (κ3) is 4.02. The van der Waals surface area contributed by atoms with E-state index in [0.717, 1.165) is 5.92 Å². The van der Waals surface area contributed by atoms with Gasteiger partial charge in [-0.05, 0) is 38.2 Å². The van der Waals surface area contributed by atoms with Gasteiger partial charge in [0.1, 0.15) is 0 Å². The summed E-state index contributed by atoms with van der Waals surface area (Å²) >= 11 is 0. The molecule has 1 saturated carbocycles. The first-order valence-corrected chi connectivity index (χ1v) is 4.67. The Bertz CT molecular complexity index is 136. The number of hydrogen-bond donors (Lipinski definition) is 0. The monoisotopic (exact) mass is 152 g/mol. The molecule has 0 heterocycles. The predicted molar refractivity (Wildman–Crippen MR) is 52.6 cm³/mol. The van der Waals surface area contributed by atoms with Crippen molar-refractivity contribution in [3.8, 4) is 0 Å². The zero-order chi connectivity index (χ0) is 8.69. The molecule has 11 heavy (non-hydrogen) atoms. The molecule has 0 aromatic heterocycles. The summed E-state index contributed by atoms with van der Waals surface area (Å²) in [5.41, 5.74) is 1.53. The van der Waals surface area contributed by atoms with E-state index in [1.54, 1.807) is 0 Å². The van der Waals surface area contributed by atoms with Crippen LogP contribution < -0.4 is 0 Å². The molecule has 0 amide bonds. The van der Waals surface area contributed by atoms with E-state index in [1.165, 1.54) is 18.4 Å². The van der Waals surface area contributed by atoms with Gasteiger partial charge in [0.2, 0.25) is 0 Å². The Balaban J connectivity index is 0.000000461. The molecule has 1 aliphatic rings. The van der Waals surface area contributed by atoms with Crippen LogP contribution in [0.3, 0.4) is 0 Å². The Kier molecular flexibility index (Phi) is 5.91. The van der Waals surface area contributed by atoms with Gasteiger partial charge in [-0.25, -0.2) is 0 Å². The van der Waals surface area contributed by atoms with Crippen LogP contribution in [0.4, 0.5) is 0 Å². The lowest BCUT2D eigenvalue weighted by molar-refractivity contribution is 1.04. The summed E-state index contributed by atoms with van der Waals surface area (Å²) < 4.78 is 0. The molecule has 0 N–H and O–H groups in total. The number of rotatable bonds is 2. The molecule has 0 unspecified atom stereocenters. The fourth-order valence-corrected chi connectivity index (χ4v) is 1.08. The maximum Gasteiger partial charge on any atom is -0.0165 e. The molecule has 0 aliphatic heterocycles. The Labute approximate surface area is 71.0 Å². The first-order valence-electron chi connectivity index (χ1n) is 4.67. The van der Waals surface area contributed by atoms with Crippen LogP contribution in [-0.4, -0.2) is 0 Å². The smallest absolute Gasteiger partial charge is 0.0165 e. The van der Waals surface area contributed by atoms with E-state index in [1.807, 2.05) is 13.8 Å². The highest BCUT2D eigenvalue weighted by Gasteiger charge is 2.23. The summed E-state index contributed by atoms with van der Waals surface area (Å²) in [6, 6.07) is 0. The van der Waals surface area contributed by atoms with Crippen molar-refractivity contribution in [3.05, 3.63) is 23.8 Å². The summed E-state index contributed by atoms with van der Waals surface area (Å²) in [6.07, 6.45) is 9.37. The van der Waals surface area contributed by atoms with Crippen LogP contribution >= 0.6 is 0 Å². The van der Waals surface area contributed by atoms with Crippen LogP contribution in [0.15, 0.2) is 23.8 Å². The SMILES string of the molecule is C/C=C\C(=C/C)C1CC1.CC. The second-order valence-corrected chi connectivity index (χ2v) is 2.56. The molecule has 0 atom stereocenters. The second-order valence-electron chi connectivity index (χ2n) is 2.56. The topological polar surface area (TPSA) is 0 Å². The minimum absolute atomic E-state index is 0.909. The van der Waals surface area contributed by atoms with Crippen molar-refractivity contribution in [2.45, 2.75) is 40.5 Å². The lowest BCUT2D eigenvalue weighted by atomic mass is 10.1. The van der Waals surface area contributed by atoms with Gasteiger partial charge in [-0.2, -0.15) is 0 Å². The Hall–Kier alpha value is -0.520. The Morgan fingerprint density at radius 3 is 2.00 bits per heavy atom. The first kappa shape index (κ1) is 10.5. The quantitative estimate of drug-likeness (QED) is 0.526. The highest BCUT2D eigenvalue weighted by atomic mass is 14.3. The number of hydrogen-bond acceptors (Lipinski definition) is 0. The van der Waals surface area contributed by atoms with E-state index in [-0.39, 0.29) is 0 Å². The fraction of sp³-hybridized carbons (Fsp3) is 0.636. The van der Waals surface area contributed by atoms with Crippen molar-refractivity contribution in [1.82, 2.24) is 0 Å². The van der Waals surface area contributed by atoms with E-state index >= 15 is 0 Å². The van der Waals surface area contributed by atoms with Crippen molar-refractivity contribution in [2.24, 2.45) is 5.92 Å².